The number of phosphoric ester groups is 1. The Kier molecular flexibility index (Phi) is 58.6. The van der Waals surface area contributed by atoms with E-state index in [-0.39, 0.29) is 32.0 Å². The Balaban J connectivity index is 4.11. The minimum atomic E-state index is -4.40. The fraction of sp³-hybridized carbons (Fsp3) is 0.771. The third-order valence-corrected chi connectivity index (χ3v) is 15.4. The lowest BCUT2D eigenvalue weighted by Crippen LogP contribution is -2.37. The van der Waals surface area contributed by atoms with Crippen molar-refractivity contribution in [3.05, 3.63) is 85.1 Å². The maximum Gasteiger partial charge on any atom is 0.472 e. The molecule has 2 atom stereocenters. The molecule has 0 aliphatic heterocycles. The fourth-order valence-electron chi connectivity index (χ4n) is 9.35. The number of likely N-dealkylation sites (N-methyl/N-ethyl adjacent to an activating group) is 1. The number of hydrogen-bond donors (Lipinski definition) is 1. The van der Waals surface area contributed by atoms with Crippen LogP contribution in [0.4, 0.5) is 0 Å². The summed E-state index contributed by atoms with van der Waals surface area (Å²) in [6, 6.07) is 0. The average Bonchev–Trinajstić information content (AvgIpc) is 3.42. The first-order valence-electron chi connectivity index (χ1n) is 33.3. The Morgan fingerprint density at radius 2 is 0.713 bits per heavy atom. The first-order chi connectivity index (χ1) is 39.0. The van der Waals surface area contributed by atoms with Crippen LogP contribution in [-0.2, 0) is 32.7 Å². The van der Waals surface area contributed by atoms with Crippen LogP contribution in [0, 0.1) is 0 Å². The number of ether oxygens (including phenoxy) is 2. The van der Waals surface area contributed by atoms with E-state index in [4.69, 9.17) is 18.5 Å². The molecule has 0 saturated heterocycles. The van der Waals surface area contributed by atoms with E-state index in [1.165, 1.54) is 167 Å². The van der Waals surface area contributed by atoms with Crippen molar-refractivity contribution in [3.8, 4) is 0 Å². The second kappa shape index (κ2) is 60.8. The minimum Gasteiger partial charge on any atom is -0.462 e. The number of nitrogens with zero attached hydrogens (tertiary/aromatic N) is 1. The van der Waals surface area contributed by atoms with E-state index in [0.29, 0.717) is 17.4 Å². The van der Waals surface area contributed by atoms with Crippen LogP contribution in [0.1, 0.15) is 296 Å². The average molecular weight is 1140 g/mol. The maximum atomic E-state index is 12.8. The molecule has 0 aromatic rings. The summed E-state index contributed by atoms with van der Waals surface area (Å²) < 4.78 is 34.7. The Bertz CT molecular complexity index is 1630. The SMILES string of the molecule is CC/C=C\C/C=C\C/C=C\C/C=C\C/C=C\C/C=C\C/C=C\CCCCCCCC(=O)OC(COC(=O)CCCCCCCCCCCCCCCCCCCCCCCCCCCCCCC)COP(=O)(O)OCC[N+](C)(C)C. The van der Waals surface area contributed by atoms with Gasteiger partial charge >= 0.3 is 19.8 Å². The summed E-state index contributed by atoms with van der Waals surface area (Å²) in [5.41, 5.74) is 0. The third kappa shape index (κ3) is 64.4. The molecule has 0 bridgehead atoms. The van der Waals surface area contributed by atoms with Gasteiger partial charge in [-0.25, -0.2) is 4.57 Å². The lowest BCUT2D eigenvalue weighted by atomic mass is 10.0. The third-order valence-electron chi connectivity index (χ3n) is 14.4. The number of carbonyl (C=O) groups excluding carboxylic acids is 2. The zero-order valence-corrected chi connectivity index (χ0v) is 53.7. The number of quaternary nitrogens is 1. The smallest absolute Gasteiger partial charge is 0.462 e. The number of esters is 2. The standard InChI is InChI=1S/C70H126NO8P/c1-6-8-10-12-14-16-18-20-22-24-26-28-30-32-34-35-37-38-40-42-44-46-48-50-52-54-56-58-60-62-69(72)76-66-68(67-78-80(74,75)77-65-64-71(3,4)5)79-70(73)63-61-59-57-55-53-51-49-47-45-43-41-39-36-33-31-29-27-25-23-21-19-17-15-13-11-9-7-2/h9,11,15,17,21,23,27,29,33,36,41,43,47,49,68H,6-8,10,12-14,16,18-20,22,24-26,28,30-32,34-35,37-40,42,44-46,48,50-67H2,1-5H3/p+1/b11-9-,17-15-,23-21-,29-27-,36-33-,43-41-,49-47-. The number of phosphoric acid groups is 1. The van der Waals surface area contributed by atoms with Crippen molar-refractivity contribution in [2.45, 2.75) is 302 Å². The number of allylic oxidation sites excluding steroid dienone is 14. The van der Waals surface area contributed by atoms with Crippen molar-refractivity contribution in [1.82, 2.24) is 0 Å². The van der Waals surface area contributed by atoms with Crippen molar-refractivity contribution in [2.75, 3.05) is 47.5 Å². The molecule has 10 heteroatoms. The van der Waals surface area contributed by atoms with Crippen molar-refractivity contribution in [3.63, 3.8) is 0 Å². The lowest BCUT2D eigenvalue weighted by Gasteiger charge is -2.24. The fourth-order valence-corrected chi connectivity index (χ4v) is 10.1. The van der Waals surface area contributed by atoms with E-state index < -0.39 is 26.5 Å². The zero-order valence-electron chi connectivity index (χ0n) is 52.8. The molecule has 0 spiro atoms. The van der Waals surface area contributed by atoms with Crippen LogP contribution in [0.5, 0.6) is 0 Å². The van der Waals surface area contributed by atoms with Crippen molar-refractivity contribution >= 4 is 19.8 Å². The Labute approximate surface area is 494 Å². The number of unbranched alkanes of at least 4 members (excludes halogenated alkanes) is 33. The molecular formula is C70H127NO8P+. The number of rotatable bonds is 61. The highest BCUT2D eigenvalue weighted by molar-refractivity contribution is 7.47. The first kappa shape index (κ1) is 77.2. The van der Waals surface area contributed by atoms with Gasteiger partial charge in [-0.3, -0.25) is 18.6 Å². The summed E-state index contributed by atoms with van der Waals surface area (Å²) in [6.45, 7) is 4.33. The molecule has 0 radical (unpaired) electrons. The summed E-state index contributed by atoms with van der Waals surface area (Å²) >= 11 is 0. The van der Waals surface area contributed by atoms with Crippen LogP contribution >= 0.6 is 7.82 Å². The van der Waals surface area contributed by atoms with Gasteiger partial charge in [0.15, 0.2) is 6.10 Å². The predicted octanol–water partition coefficient (Wildman–Crippen LogP) is 21.4. The van der Waals surface area contributed by atoms with Gasteiger partial charge in [-0.15, -0.1) is 0 Å². The van der Waals surface area contributed by atoms with Gasteiger partial charge in [-0.2, -0.15) is 0 Å². The second-order valence-corrected chi connectivity index (χ2v) is 24.9. The molecule has 0 amide bonds. The highest BCUT2D eigenvalue weighted by Gasteiger charge is 2.27. The Morgan fingerprint density at radius 1 is 0.400 bits per heavy atom. The van der Waals surface area contributed by atoms with E-state index in [1.807, 2.05) is 21.1 Å². The van der Waals surface area contributed by atoms with E-state index >= 15 is 0 Å². The molecule has 1 N–H and O–H groups in total. The summed E-state index contributed by atoms with van der Waals surface area (Å²) in [6.07, 6.45) is 82.5. The summed E-state index contributed by atoms with van der Waals surface area (Å²) in [4.78, 5) is 35.8. The van der Waals surface area contributed by atoms with E-state index in [2.05, 4.69) is 98.9 Å². The summed E-state index contributed by atoms with van der Waals surface area (Å²) in [5, 5.41) is 0. The molecule has 0 rings (SSSR count). The molecule has 9 nitrogen and oxygen atoms in total. The van der Waals surface area contributed by atoms with E-state index in [1.54, 1.807) is 0 Å². The molecule has 2 unspecified atom stereocenters. The molecule has 0 saturated carbocycles. The maximum absolute atomic E-state index is 12.8. The van der Waals surface area contributed by atoms with Gasteiger partial charge in [0.1, 0.15) is 19.8 Å². The molecule has 464 valence electrons. The molecular weight excluding hydrogens is 1010 g/mol. The van der Waals surface area contributed by atoms with Crippen molar-refractivity contribution in [1.29, 1.82) is 0 Å². The Morgan fingerprint density at radius 3 is 1.06 bits per heavy atom. The predicted molar refractivity (Wildman–Crippen MR) is 344 cm³/mol. The summed E-state index contributed by atoms with van der Waals surface area (Å²) in [5.74, 6) is -0.812. The molecule has 0 aromatic carbocycles. The van der Waals surface area contributed by atoms with Crippen molar-refractivity contribution in [2.24, 2.45) is 0 Å². The molecule has 0 aliphatic carbocycles. The Hall–Kier alpha value is -2.81. The lowest BCUT2D eigenvalue weighted by molar-refractivity contribution is -0.870. The normalized spacial score (nSPS) is 13.7. The number of carbonyl (C=O) groups is 2. The molecule has 80 heavy (non-hydrogen) atoms. The highest BCUT2D eigenvalue weighted by atomic mass is 31.2. The van der Waals surface area contributed by atoms with Gasteiger partial charge < -0.3 is 18.9 Å². The molecule has 0 aliphatic rings. The largest absolute Gasteiger partial charge is 0.472 e. The molecule has 0 fully saturated rings. The minimum absolute atomic E-state index is 0.0248. The monoisotopic (exact) mass is 1140 g/mol. The van der Waals surface area contributed by atoms with Crippen molar-refractivity contribution < 1.29 is 42.1 Å². The number of hydrogen-bond acceptors (Lipinski definition) is 7. The highest BCUT2D eigenvalue weighted by Crippen LogP contribution is 2.43. The van der Waals surface area contributed by atoms with Gasteiger partial charge in [-0.1, -0.05) is 298 Å². The second-order valence-electron chi connectivity index (χ2n) is 23.5. The zero-order chi connectivity index (χ0) is 58.4. The van der Waals surface area contributed by atoms with Gasteiger partial charge in [0.25, 0.3) is 0 Å². The van der Waals surface area contributed by atoms with Crippen LogP contribution in [0.2, 0.25) is 0 Å². The summed E-state index contributed by atoms with van der Waals surface area (Å²) in [7, 11) is 1.46. The van der Waals surface area contributed by atoms with Crippen LogP contribution in [0.25, 0.3) is 0 Å². The van der Waals surface area contributed by atoms with Gasteiger partial charge in [0.2, 0.25) is 0 Å². The quantitative estimate of drug-likeness (QED) is 0.0211. The van der Waals surface area contributed by atoms with Gasteiger partial charge in [0, 0.05) is 12.8 Å². The molecule has 0 aromatic heterocycles. The van der Waals surface area contributed by atoms with Crippen LogP contribution in [0.15, 0.2) is 85.1 Å². The van der Waals surface area contributed by atoms with Crippen LogP contribution < -0.4 is 0 Å². The van der Waals surface area contributed by atoms with Crippen LogP contribution in [0.3, 0.4) is 0 Å². The van der Waals surface area contributed by atoms with E-state index in [9.17, 15) is 19.0 Å². The molecule has 0 heterocycles. The van der Waals surface area contributed by atoms with E-state index in [0.717, 1.165) is 96.3 Å². The van der Waals surface area contributed by atoms with Gasteiger partial charge in [-0.05, 0) is 70.6 Å². The topological polar surface area (TPSA) is 108 Å². The van der Waals surface area contributed by atoms with Gasteiger partial charge in [0.05, 0.1) is 27.7 Å². The van der Waals surface area contributed by atoms with Crippen LogP contribution in [-0.4, -0.2) is 74.9 Å². The first-order valence-corrected chi connectivity index (χ1v) is 34.8.